The fraction of sp³-hybridized carbons (Fsp3) is 0.433. The highest BCUT2D eigenvalue weighted by molar-refractivity contribution is 5.91. The van der Waals surface area contributed by atoms with E-state index in [1.807, 2.05) is 12.4 Å². The summed E-state index contributed by atoms with van der Waals surface area (Å²) in [6.45, 7) is 4.37. The molecule has 5 heteroatoms. The first kappa shape index (κ1) is 26.5. The molecule has 0 aliphatic carbocycles. The van der Waals surface area contributed by atoms with E-state index in [1.54, 1.807) is 36.4 Å². The Kier molecular flexibility index (Phi) is 10.9. The van der Waals surface area contributed by atoms with Crippen molar-refractivity contribution < 1.29 is 13.9 Å². The molecule has 0 unspecified atom stereocenters. The number of rotatable bonds is 14. The number of hydrogen-bond acceptors (Lipinski definition) is 4. The summed E-state index contributed by atoms with van der Waals surface area (Å²) in [6, 6.07) is 11.6. The van der Waals surface area contributed by atoms with E-state index < -0.39 is 5.97 Å². The largest absolute Gasteiger partial charge is 0.423 e. The fourth-order valence-corrected chi connectivity index (χ4v) is 4.00. The topological polar surface area (TPSA) is 52.1 Å². The van der Waals surface area contributed by atoms with Crippen molar-refractivity contribution in [3.63, 3.8) is 0 Å². The van der Waals surface area contributed by atoms with Crippen molar-refractivity contribution in [1.29, 1.82) is 0 Å². The highest BCUT2D eigenvalue weighted by Gasteiger charge is 2.12. The Morgan fingerprint density at radius 3 is 2.11 bits per heavy atom. The minimum atomic E-state index is -0.522. The van der Waals surface area contributed by atoms with Crippen LogP contribution in [0.1, 0.15) is 93.1 Å². The summed E-state index contributed by atoms with van der Waals surface area (Å²) in [5.41, 5.74) is 3.00. The van der Waals surface area contributed by atoms with Crippen molar-refractivity contribution >= 4 is 5.97 Å². The van der Waals surface area contributed by atoms with Crippen LogP contribution in [-0.2, 0) is 12.8 Å². The molecule has 186 valence electrons. The monoisotopic (exact) mass is 476 g/mol. The number of benzene rings is 2. The molecule has 0 saturated carbocycles. The van der Waals surface area contributed by atoms with Gasteiger partial charge < -0.3 is 4.74 Å². The second kappa shape index (κ2) is 14.3. The third-order valence-corrected chi connectivity index (χ3v) is 6.19. The van der Waals surface area contributed by atoms with Crippen LogP contribution < -0.4 is 4.74 Å². The van der Waals surface area contributed by atoms with Gasteiger partial charge in [0.2, 0.25) is 0 Å². The maximum absolute atomic E-state index is 14.5. The molecular weight excluding hydrogens is 439 g/mol. The van der Waals surface area contributed by atoms with Gasteiger partial charge in [-0.2, -0.15) is 0 Å². The van der Waals surface area contributed by atoms with Crippen LogP contribution in [-0.4, -0.2) is 15.9 Å². The number of carbonyl (C=O) groups is 1. The molecule has 35 heavy (non-hydrogen) atoms. The van der Waals surface area contributed by atoms with E-state index in [0.29, 0.717) is 23.4 Å². The van der Waals surface area contributed by atoms with Gasteiger partial charge in [-0.05, 0) is 55.0 Å². The van der Waals surface area contributed by atoms with Crippen LogP contribution >= 0.6 is 0 Å². The zero-order valence-electron chi connectivity index (χ0n) is 21.1. The number of aromatic nitrogens is 2. The highest BCUT2D eigenvalue weighted by Crippen LogP contribution is 2.21. The van der Waals surface area contributed by atoms with E-state index in [1.165, 1.54) is 38.2 Å². The number of hydrogen-bond donors (Lipinski definition) is 0. The summed E-state index contributed by atoms with van der Waals surface area (Å²) in [5, 5.41) is 0. The lowest BCUT2D eigenvalue weighted by atomic mass is 10.0. The average molecular weight is 477 g/mol. The first-order valence-electron chi connectivity index (χ1n) is 13.0. The number of esters is 1. The van der Waals surface area contributed by atoms with Crippen LogP contribution in [0.5, 0.6) is 5.75 Å². The van der Waals surface area contributed by atoms with Gasteiger partial charge in [0.25, 0.3) is 0 Å². The fourth-order valence-electron chi connectivity index (χ4n) is 4.00. The Labute approximate surface area is 209 Å². The van der Waals surface area contributed by atoms with E-state index in [0.717, 1.165) is 43.2 Å². The van der Waals surface area contributed by atoms with Crippen molar-refractivity contribution in [3.8, 4) is 17.1 Å². The van der Waals surface area contributed by atoms with E-state index in [9.17, 15) is 9.18 Å². The molecule has 4 nitrogen and oxygen atoms in total. The van der Waals surface area contributed by atoms with Gasteiger partial charge >= 0.3 is 5.97 Å². The second-order valence-corrected chi connectivity index (χ2v) is 9.11. The van der Waals surface area contributed by atoms with Gasteiger partial charge in [-0.3, -0.25) is 0 Å². The SMILES string of the molecule is CCCCCCCCCc1ccc(OC(=O)c2ccc(-c3ncc(CCCC)cn3)cc2)cc1F. The summed E-state index contributed by atoms with van der Waals surface area (Å²) in [4.78, 5) is 21.4. The molecule has 1 aromatic heterocycles. The average Bonchev–Trinajstić information content (AvgIpc) is 2.88. The van der Waals surface area contributed by atoms with Gasteiger partial charge in [0.1, 0.15) is 11.6 Å². The van der Waals surface area contributed by atoms with Crippen LogP contribution in [0.2, 0.25) is 0 Å². The third kappa shape index (κ3) is 8.57. The maximum Gasteiger partial charge on any atom is 0.343 e. The minimum absolute atomic E-state index is 0.214. The van der Waals surface area contributed by atoms with Gasteiger partial charge in [0.05, 0.1) is 5.56 Å². The molecule has 2 aromatic carbocycles. The minimum Gasteiger partial charge on any atom is -0.423 e. The van der Waals surface area contributed by atoms with Gasteiger partial charge in [0.15, 0.2) is 5.82 Å². The Hall–Kier alpha value is -3.08. The lowest BCUT2D eigenvalue weighted by Crippen LogP contribution is -2.09. The van der Waals surface area contributed by atoms with Crippen LogP contribution in [0.4, 0.5) is 4.39 Å². The number of nitrogens with zero attached hydrogens (tertiary/aromatic N) is 2. The van der Waals surface area contributed by atoms with Crippen molar-refractivity contribution in [2.24, 2.45) is 0 Å². The van der Waals surface area contributed by atoms with E-state index in [4.69, 9.17) is 4.74 Å². The predicted octanol–water partition coefficient (Wildman–Crippen LogP) is 8.14. The quantitative estimate of drug-likeness (QED) is 0.134. The van der Waals surface area contributed by atoms with Gasteiger partial charge in [0, 0.05) is 24.0 Å². The number of carbonyl (C=O) groups excluding carboxylic acids is 1. The molecule has 0 saturated heterocycles. The first-order valence-corrected chi connectivity index (χ1v) is 13.0. The zero-order valence-corrected chi connectivity index (χ0v) is 21.1. The van der Waals surface area contributed by atoms with Gasteiger partial charge in [-0.15, -0.1) is 0 Å². The summed E-state index contributed by atoms with van der Waals surface area (Å²) in [5.74, 6) is -0.0162. The molecule has 3 aromatic rings. The molecule has 0 radical (unpaired) electrons. The number of halogens is 1. The second-order valence-electron chi connectivity index (χ2n) is 9.11. The smallest absolute Gasteiger partial charge is 0.343 e. The molecule has 0 fully saturated rings. The van der Waals surface area contributed by atoms with Crippen molar-refractivity contribution in [2.45, 2.75) is 84.5 Å². The summed E-state index contributed by atoms with van der Waals surface area (Å²) < 4.78 is 19.9. The molecule has 0 spiro atoms. The van der Waals surface area contributed by atoms with Gasteiger partial charge in [-0.25, -0.2) is 19.2 Å². The van der Waals surface area contributed by atoms with Gasteiger partial charge in [-0.1, -0.05) is 77.0 Å². The third-order valence-electron chi connectivity index (χ3n) is 6.19. The van der Waals surface area contributed by atoms with Crippen LogP contribution in [0.25, 0.3) is 11.4 Å². The standard InChI is InChI=1S/C30H37FN2O2/c1-3-5-7-8-9-10-11-13-24-18-19-27(20-28(24)31)35-30(34)26-16-14-25(15-17-26)29-32-21-23(22-33-29)12-6-4-2/h14-22H,3-13H2,1-2H3. The number of ether oxygens (including phenoxy) is 1. The Bertz CT molecular complexity index is 1050. The van der Waals surface area contributed by atoms with Crippen LogP contribution in [0.15, 0.2) is 54.9 Å². The van der Waals surface area contributed by atoms with Crippen LogP contribution in [0.3, 0.4) is 0 Å². The predicted molar refractivity (Wildman–Crippen MR) is 139 cm³/mol. The molecule has 0 atom stereocenters. The molecule has 0 aliphatic heterocycles. The lowest BCUT2D eigenvalue weighted by Gasteiger charge is -2.08. The Morgan fingerprint density at radius 2 is 1.46 bits per heavy atom. The molecule has 0 bridgehead atoms. The molecule has 3 rings (SSSR count). The first-order chi connectivity index (χ1) is 17.1. The summed E-state index contributed by atoms with van der Waals surface area (Å²) in [7, 11) is 0. The molecular formula is C30H37FN2O2. The molecule has 0 aliphatic rings. The van der Waals surface area contributed by atoms with E-state index in [-0.39, 0.29) is 11.6 Å². The summed E-state index contributed by atoms with van der Waals surface area (Å²) >= 11 is 0. The van der Waals surface area contributed by atoms with Crippen LogP contribution in [0, 0.1) is 5.82 Å². The Morgan fingerprint density at radius 1 is 0.800 bits per heavy atom. The molecule has 0 amide bonds. The highest BCUT2D eigenvalue weighted by atomic mass is 19.1. The Balaban J connectivity index is 1.50. The normalized spacial score (nSPS) is 10.9. The van der Waals surface area contributed by atoms with Crippen molar-refractivity contribution in [3.05, 3.63) is 77.4 Å². The molecule has 0 N–H and O–H groups in total. The number of unbranched alkanes of at least 4 members (excludes halogenated alkanes) is 7. The van der Waals surface area contributed by atoms with E-state index >= 15 is 0 Å². The zero-order chi connectivity index (χ0) is 24.9. The van der Waals surface area contributed by atoms with Crippen molar-refractivity contribution in [2.75, 3.05) is 0 Å². The summed E-state index contributed by atoms with van der Waals surface area (Å²) in [6.07, 6.45) is 16.0. The van der Waals surface area contributed by atoms with Crippen molar-refractivity contribution in [1.82, 2.24) is 9.97 Å². The lowest BCUT2D eigenvalue weighted by molar-refractivity contribution is 0.0734. The molecule has 1 heterocycles. The number of aryl methyl sites for hydroxylation is 2. The maximum atomic E-state index is 14.5. The van der Waals surface area contributed by atoms with E-state index in [2.05, 4.69) is 23.8 Å².